The molecule has 1 aromatic heterocycles. The molecule has 1 aliphatic rings. The second kappa shape index (κ2) is 10.6. The SMILES string of the molecule is COc1ccccc1C(CNC(=O)C1CCN(c2ncc(C(F)(F)F)cc2Cl)CC1)N(C)C. The van der Waals surface area contributed by atoms with Gasteiger partial charge in [-0.25, -0.2) is 4.98 Å². The Morgan fingerprint density at radius 2 is 1.97 bits per heavy atom. The lowest BCUT2D eigenvalue weighted by Gasteiger charge is -2.33. The van der Waals surface area contributed by atoms with Gasteiger partial charge in [0, 0.05) is 37.3 Å². The molecule has 0 saturated carbocycles. The molecule has 1 aromatic carbocycles. The number of carbonyl (C=O) groups is 1. The van der Waals surface area contributed by atoms with E-state index in [1.165, 1.54) is 0 Å². The fourth-order valence-corrected chi connectivity index (χ4v) is 4.31. The Hall–Kier alpha value is -2.52. The molecular weight excluding hydrogens is 457 g/mol. The number of methoxy groups -OCH3 is 1. The molecule has 1 aliphatic heterocycles. The highest BCUT2D eigenvalue weighted by Crippen LogP contribution is 2.35. The number of pyridine rings is 1. The molecule has 0 bridgehead atoms. The van der Waals surface area contributed by atoms with Crippen molar-refractivity contribution in [2.75, 3.05) is 45.7 Å². The Kier molecular flexibility index (Phi) is 8.07. The monoisotopic (exact) mass is 484 g/mol. The van der Waals surface area contributed by atoms with Crippen molar-refractivity contribution in [2.24, 2.45) is 5.92 Å². The van der Waals surface area contributed by atoms with Gasteiger partial charge in [-0.2, -0.15) is 13.2 Å². The topological polar surface area (TPSA) is 57.7 Å². The van der Waals surface area contributed by atoms with E-state index in [9.17, 15) is 18.0 Å². The number of ether oxygens (including phenoxy) is 1. The number of piperidine rings is 1. The Bertz CT molecular complexity index is 963. The summed E-state index contributed by atoms with van der Waals surface area (Å²) >= 11 is 6.07. The number of carbonyl (C=O) groups excluding carboxylic acids is 1. The summed E-state index contributed by atoms with van der Waals surface area (Å²) in [6.45, 7) is 1.40. The molecule has 0 spiro atoms. The summed E-state index contributed by atoms with van der Waals surface area (Å²) in [5, 5.41) is 3.01. The summed E-state index contributed by atoms with van der Waals surface area (Å²) in [4.78, 5) is 20.6. The van der Waals surface area contributed by atoms with Crippen LogP contribution < -0.4 is 15.0 Å². The molecule has 1 saturated heterocycles. The second-order valence-corrected chi connectivity index (χ2v) is 8.66. The molecular formula is C23H28ClF3N4O2. The molecule has 1 amide bonds. The molecule has 33 heavy (non-hydrogen) atoms. The number of hydrogen-bond acceptors (Lipinski definition) is 5. The summed E-state index contributed by atoms with van der Waals surface area (Å²) in [6, 6.07) is 8.55. The van der Waals surface area contributed by atoms with Gasteiger partial charge in [0.2, 0.25) is 5.91 Å². The Balaban J connectivity index is 1.58. The number of rotatable bonds is 7. The van der Waals surface area contributed by atoms with Crippen molar-refractivity contribution >= 4 is 23.3 Å². The highest BCUT2D eigenvalue weighted by Gasteiger charge is 2.33. The first-order chi connectivity index (χ1) is 15.6. The van der Waals surface area contributed by atoms with Gasteiger partial charge in [0.05, 0.1) is 23.7 Å². The van der Waals surface area contributed by atoms with Crippen LogP contribution in [0.15, 0.2) is 36.5 Å². The van der Waals surface area contributed by atoms with Crippen LogP contribution in [-0.2, 0) is 11.0 Å². The second-order valence-electron chi connectivity index (χ2n) is 8.26. The Labute approximate surface area is 196 Å². The molecule has 1 unspecified atom stereocenters. The standard InChI is InChI=1S/C23H28ClF3N4O2/c1-30(2)19(17-6-4-5-7-20(17)33-3)14-29-22(32)15-8-10-31(11-9-15)21-18(24)12-16(13-28-21)23(25,26)27/h4-7,12-13,15,19H,8-11,14H2,1-3H3,(H,29,32). The lowest BCUT2D eigenvalue weighted by Crippen LogP contribution is -2.43. The summed E-state index contributed by atoms with van der Waals surface area (Å²) < 4.78 is 44.0. The van der Waals surface area contributed by atoms with Crippen LogP contribution in [0.2, 0.25) is 5.02 Å². The van der Waals surface area contributed by atoms with Gasteiger partial charge in [-0.15, -0.1) is 0 Å². The number of nitrogens with zero attached hydrogens (tertiary/aromatic N) is 3. The van der Waals surface area contributed by atoms with Crippen LogP contribution in [0.5, 0.6) is 5.75 Å². The fraction of sp³-hybridized carbons (Fsp3) is 0.478. The third-order valence-electron chi connectivity index (χ3n) is 5.91. The number of likely N-dealkylation sites (N-methyl/N-ethyl adjacent to an activating group) is 1. The molecule has 6 nitrogen and oxygen atoms in total. The number of halogens is 4. The minimum absolute atomic E-state index is 0.0390. The van der Waals surface area contributed by atoms with E-state index in [1.54, 1.807) is 7.11 Å². The largest absolute Gasteiger partial charge is 0.496 e. The highest BCUT2D eigenvalue weighted by atomic mass is 35.5. The number of anilines is 1. The smallest absolute Gasteiger partial charge is 0.417 e. The van der Waals surface area contributed by atoms with Crippen molar-refractivity contribution in [1.29, 1.82) is 0 Å². The van der Waals surface area contributed by atoms with Gasteiger partial charge in [0.25, 0.3) is 0 Å². The van der Waals surface area contributed by atoms with E-state index in [0.29, 0.717) is 38.3 Å². The van der Waals surface area contributed by atoms with Crippen LogP contribution in [-0.4, -0.2) is 56.6 Å². The fourth-order valence-electron chi connectivity index (χ4n) is 4.03. The van der Waals surface area contributed by atoms with E-state index >= 15 is 0 Å². The molecule has 2 aromatic rings. The van der Waals surface area contributed by atoms with Crippen molar-refractivity contribution < 1.29 is 22.7 Å². The molecule has 0 radical (unpaired) electrons. The van der Waals surface area contributed by atoms with Crippen molar-refractivity contribution in [3.63, 3.8) is 0 Å². The molecule has 1 fully saturated rings. The summed E-state index contributed by atoms with van der Waals surface area (Å²) in [5.41, 5.74) is 0.110. The van der Waals surface area contributed by atoms with Crippen molar-refractivity contribution in [3.8, 4) is 5.75 Å². The van der Waals surface area contributed by atoms with E-state index in [1.807, 2.05) is 48.2 Å². The van der Waals surface area contributed by atoms with Crippen LogP contribution in [0, 0.1) is 5.92 Å². The molecule has 1 N–H and O–H groups in total. The maximum atomic E-state index is 12.8. The van der Waals surface area contributed by atoms with Crippen LogP contribution in [0.1, 0.15) is 30.0 Å². The number of amides is 1. The summed E-state index contributed by atoms with van der Waals surface area (Å²) in [7, 11) is 5.51. The lowest BCUT2D eigenvalue weighted by atomic mass is 9.95. The van der Waals surface area contributed by atoms with E-state index in [0.717, 1.165) is 23.6 Å². The van der Waals surface area contributed by atoms with E-state index < -0.39 is 11.7 Å². The lowest BCUT2D eigenvalue weighted by molar-refractivity contribution is -0.137. The van der Waals surface area contributed by atoms with Crippen LogP contribution in [0.4, 0.5) is 19.0 Å². The van der Waals surface area contributed by atoms with Gasteiger partial charge in [0.15, 0.2) is 0 Å². The van der Waals surface area contributed by atoms with Crippen molar-refractivity contribution in [1.82, 2.24) is 15.2 Å². The zero-order valence-electron chi connectivity index (χ0n) is 18.8. The quantitative estimate of drug-likeness (QED) is 0.631. The van der Waals surface area contributed by atoms with Crippen LogP contribution in [0.25, 0.3) is 0 Å². The predicted octanol–water partition coefficient (Wildman–Crippen LogP) is 4.40. The van der Waals surface area contributed by atoms with Crippen molar-refractivity contribution in [3.05, 3.63) is 52.7 Å². The average molecular weight is 485 g/mol. The normalized spacial score (nSPS) is 16.1. The summed E-state index contributed by atoms with van der Waals surface area (Å²) in [6.07, 6.45) is -2.58. The van der Waals surface area contributed by atoms with Gasteiger partial charge in [0.1, 0.15) is 11.6 Å². The minimum Gasteiger partial charge on any atom is -0.496 e. The zero-order chi connectivity index (χ0) is 24.2. The van der Waals surface area contributed by atoms with Gasteiger partial charge in [-0.05, 0) is 39.1 Å². The number of alkyl halides is 3. The van der Waals surface area contributed by atoms with Crippen LogP contribution >= 0.6 is 11.6 Å². The number of benzene rings is 1. The van der Waals surface area contributed by atoms with Crippen LogP contribution in [0.3, 0.4) is 0 Å². The highest BCUT2D eigenvalue weighted by molar-refractivity contribution is 6.33. The predicted molar refractivity (Wildman–Crippen MR) is 122 cm³/mol. The molecule has 0 aliphatic carbocycles. The minimum atomic E-state index is -4.49. The molecule has 180 valence electrons. The molecule has 3 rings (SSSR count). The van der Waals surface area contributed by atoms with Gasteiger partial charge in [-0.3, -0.25) is 4.79 Å². The zero-order valence-corrected chi connectivity index (χ0v) is 19.6. The first-order valence-electron chi connectivity index (χ1n) is 10.7. The van der Waals surface area contributed by atoms with E-state index in [-0.39, 0.29) is 22.9 Å². The maximum absolute atomic E-state index is 12.8. The maximum Gasteiger partial charge on any atom is 0.417 e. The number of para-hydroxylation sites is 1. The Morgan fingerprint density at radius 1 is 1.30 bits per heavy atom. The van der Waals surface area contributed by atoms with E-state index in [2.05, 4.69) is 10.3 Å². The molecule has 2 heterocycles. The average Bonchev–Trinajstić information content (AvgIpc) is 2.78. The summed E-state index contributed by atoms with van der Waals surface area (Å²) in [5.74, 6) is 0.852. The first kappa shape index (κ1) is 25.1. The number of hydrogen-bond donors (Lipinski definition) is 1. The third-order valence-corrected chi connectivity index (χ3v) is 6.18. The Morgan fingerprint density at radius 3 is 2.55 bits per heavy atom. The van der Waals surface area contributed by atoms with Gasteiger partial charge < -0.3 is 19.9 Å². The number of nitrogens with one attached hydrogen (secondary N) is 1. The number of aromatic nitrogens is 1. The van der Waals surface area contributed by atoms with Crippen molar-refractivity contribution in [2.45, 2.75) is 25.1 Å². The first-order valence-corrected chi connectivity index (χ1v) is 11.0. The molecule has 10 heteroatoms. The van der Waals surface area contributed by atoms with Gasteiger partial charge in [-0.1, -0.05) is 29.8 Å². The third kappa shape index (κ3) is 6.09. The molecule has 1 atom stereocenters. The van der Waals surface area contributed by atoms with E-state index in [4.69, 9.17) is 16.3 Å². The van der Waals surface area contributed by atoms with Gasteiger partial charge >= 0.3 is 6.18 Å².